The molecule has 2 unspecified atom stereocenters. The summed E-state index contributed by atoms with van der Waals surface area (Å²) in [6.45, 7) is 4.38. The lowest BCUT2D eigenvalue weighted by Gasteiger charge is -2.38. The third kappa shape index (κ3) is 3.35. The normalized spacial score (nSPS) is 30.8. The number of nitrogens with zero attached hydrogens (tertiary/aromatic N) is 3. The fourth-order valence-corrected chi connectivity index (χ4v) is 5.40. The summed E-state index contributed by atoms with van der Waals surface area (Å²) in [7, 11) is 0. The molecule has 0 N–H and O–H groups in total. The van der Waals surface area contributed by atoms with Gasteiger partial charge in [0.15, 0.2) is 0 Å². The number of esters is 1. The molecule has 170 valence electrons. The number of benzene rings is 1. The zero-order valence-corrected chi connectivity index (χ0v) is 17.9. The number of amides is 2. The fraction of sp³-hybridized carbons (Fsp3) is 0.522. The molecule has 0 saturated carbocycles. The first kappa shape index (κ1) is 20.9. The van der Waals surface area contributed by atoms with Crippen LogP contribution in [0.15, 0.2) is 36.4 Å². The van der Waals surface area contributed by atoms with Crippen molar-refractivity contribution in [2.24, 2.45) is 11.8 Å². The summed E-state index contributed by atoms with van der Waals surface area (Å²) >= 11 is 0. The van der Waals surface area contributed by atoms with Gasteiger partial charge in [0.05, 0.1) is 31.1 Å². The van der Waals surface area contributed by atoms with E-state index in [-0.39, 0.29) is 37.3 Å². The Morgan fingerprint density at radius 2 is 1.91 bits per heavy atom. The van der Waals surface area contributed by atoms with Crippen molar-refractivity contribution in [2.45, 2.75) is 18.6 Å². The number of fused-ring (bicyclic) bond motifs is 1. The van der Waals surface area contributed by atoms with E-state index in [9.17, 15) is 18.8 Å². The monoisotopic (exact) mass is 443 g/mol. The third-order valence-electron chi connectivity index (χ3n) is 6.87. The van der Waals surface area contributed by atoms with Crippen LogP contribution in [0.25, 0.3) is 0 Å². The van der Waals surface area contributed by atoms with Gasteiger partial charge in [0.2, 0.25) is 11.8 Å². The van der Waals surface area contributed by atoms with E-state index >= 15 is 0 Å². The van der Waals surface area contributed by atoms with Crippen molar-refractivity contribution in [3.05, 3.63) is 42.2 Å². The predicted molar refractivity (Wildman–Crippen MR) is 112 cm³/mol. The van der Waals surface area contributed by atoms with E-state index in [2.05, 4.69) is 4.90 Å². The van der Waals surface area contributed by atoms with Gasteiger partial charge in [0, 0.05) is 31.9 Å². The van der Waals surface area contributed by atoms with Gasteiger partial charge in [-0.05, 0) is 31.2 Å². The highest BCUT2D eigenvalue weighted by atomic mass is 19.1. The van der Waals surface area contributed by atoms with E-state index in [0.717, 1.165) is 5.69 Å². The molecule has 2 amide bonds. The summed E-state index contributed by atoms with van der Waals surface area (Å²) in [5, 5.41) is 0. The summed E-state index contributed by atoms with van der Waals surface area (Å²) in [5.41, 5.74) is 0.0778. The first-order valence-corrected chi connectivity index (χ1v) is 11.0. The van der Waals surface area contributed by atoms with Gasteiger partial charge in [0.25, 0.3) is 0 Å². The quantitative estimate of drug-likeness (QED) is 0.495. The number of halogens is 1. The van der Waals surface area contributed by atoms with Crippen LogP contribution < -0.4 is 4.90 Å². The van der Waals surface area contributed by atoms with Gasteiger partial charge in [-0.2, -0.15) is 0 Å². The summed E-state index contributed by atoms with van der Waals surface area (Å²) in [5.74, 6) is -2.26. The van der Waals surface area contributed by atoms with Gasteiger partial charge >= 0.3 is 5.97 Å². The van der Waals surface area contributed by atoms with Crippen LogP contribution in [0.1, 0.15) is 6.92 Å². The van der Waals surface area contributed by atoms with Crippen molar-refractivity contribution >= 4 is 23.5 Å². The molecule has 4 heterocycles. The first-order valence-electron chi connectivity index (χ1n) is 11.0. The maximum Gasteiger partial charge on any atom is 0.325 e. The zero-order chi connectivity index (χ0) is 22.5. The van der Waals surface area contributed by atoms with E-state index in [0.29, 0.717) is 26.2 Å². The largest absolute Gasteiger partial charge is 0.465 e. The molecule has 0 aromatic heterocycles. The Kier molecular flexibility index (Phi) is 5.16. The number of carbonyl (C=O) groups is 3. The van der Waals surface area contributed by atoms with Crippen LogP contribution >= 0.6 is 0 Å². The van der Waals surface area contributed by atoms with Crippen LogP contribution in [0.4, 0.5) is 10.1 Å². The second kappa shape index (κ2) is 7.88. The lowest BCUT2D eigenvalue weighted by Crippen LogP contribution is -2.53. The molecule has 8 nitrogen and oxygen atoms in total. The molecular weight excluding hydrogens is 417 g/mol. The lowest BCUT2D eigenvalue weighted by atomic mass is 9.76. The highest BCUT2D eigenvalue weighted by Gasteiger charge is 2.67. The zero-order valence-electron chi connectivity index (χ0n) is 17.9. The number of hydrogen-bond donors (Lipinski definition) is 0. The summed E-state index contributed by atoms with van der Waals surface area (Å²) in [6, 6.07) is 6.33. The second-order valence-corrected chi connectivity index (χ2v) is 8.69. The van der Waals surface area contributed by atoms with Crippen molar-refractivity contribution in [1.29, 1.82) is 0 Å². The van der Waals surface area contributed by atoms with Crippen molar-refractivity contribution < 1.29 is 28.2 Å². The van der Waals surface area contributed by atoms with Crippen molar-refractivity contribution in [2.75, 3.05) is 50.8 Å². The SMILES string of the molecule is CCOC(=O)CN1CC23C=C[C@@H](O2)C(C(=O)N2CCN(c4ccc(F)cc4)CC2)[C@@H]3C1=O. The summed E-state index contributed by atoms with van der Waals surface area (Å²) < 4.78 is 24.3. The predicted octanol–water partition coefficient (Wildman–Crippen LogP) is 0.819. The topological polar surface area (TPSA) is 79.4 Å². The Morgan fingerprint density at radius 1 is 1.19 bits per heavy atom. The molecular formula is C23H26FN3O5. The lowest BCUT2D eigenvalue weighted by molar-refractivity contribution is -0.149. The van der Waals surface area contributed by atoms with Crippen LogP contribution in [-0.2, 0) is 23.9 Å². The van der Waals surface area contributed by atoms with Gasteiger partial charge in [-0.3, -0.25) is 14.4 Å². The van der Waals surface area contributed by atoms with Crippen LogP contribution in [0.2, 0.25) is 0 Å². The van der Waals surface area contributed by atoms with E-state index in [1.165, 1.54) is 17.0 Å². The molecule has 0 aliphatic carbocycles. The molecule has 9 heteroatoms. The Bertz CT molecular complexity index is 959. The number of hydrogen-bond acceptors (Lipinski definition) is 6. The number of carbonyl (C=O) groups excluding carboxylic acids is 3. The highest BCUT2D eigenvalue weighted by molar-refractivity contribution is 5.94. The molecule has 2 bridgehead atoms. The average Bonchev–Trinajstić information content (AvgIpc) is 3.42. The molecule has 3 saturated heterocycles. The van der Waals surface area contributed by atoms with E-state index in [4.69, 9.17) is 9.47 Å². The number of likely N-dealkylation sites (tertiary alicyclic amines) is 1. The molecule has 4 atom stereocenters. The maximum absolute atomic E-state index is 13.5. The van der Waals surface area contributed by atoms with Crippen LogP contribution in [0, 0.1) is 17.7 Å². The van der Waals surface area contributed by atoms with Crippen LogP contribution in [0.5, 0.6) is 0 Å². The van der Waals surface area contributed by atoms with Crippen molar-refractivity contribution in [3.8, 4) is 0 Å². The standard InChI is InChI=1S/C23H26FN3O5/c1-2-31-18(28)13-27-14-23-8-7-17(32-23)19(20(23)22(27)30)21(29)26-11-9-25(10-12-26)16-5-3-15(24)4-6-16/h3-8,17,19-20H,2,9-14H2,1H3/t17-,19?,20-,23?/m1/s1. The second-order valence-electron chi connectivity index (χ2n) is 8.69. The van der Waals surface area contributed by atoms with E-state index < -0.39 is 29.5 Å². The molecule has 4 aliphatic heterocycles. The number of piperazine rings is 1. The van der Waals surface area contributed by atoms with Crippen molar-refractivity contribution in [1.82, 2.24) is 9.80 Å². The van der Waals surface area contributed by atoms with Gasteiger partial charge in [-0.15, -0.1) is 0 Å². The molecule has 1 aromatic rings. The molecule has 1 aromatic carbocycles. The number of ether oxygens (including phenoxy) is 2. The molecule has 1 spiro atoms. The molecule has 32 heavy (non-hydrogen) atoms. The van der Waals surface area contributed by atoms with Gasteiger partial charge in [0.1, 0.15) is 18.0 Å². The summed E-state index contributed by atoms with van der Waals surface area (Å²) in [4.78, 5) is 43.9. The van der Waals surface area contributed by atoms with E-state index in [1.54, 1.807) is 24.0 Å². The minimum atomic E-state index is -0.843. The Hall–Kier alpha value is -2.94. The average molecular weight is 443 g/mol. The minimum Gasteiger partial charge on any atom is -0.465 e. The smallest absolute Gasteiger partial charge is 0.325 e. The van der Waals surface area contributed by atoms with Crippen molar-refractivity contribution in [3.63, 3.8) is 0 Å². The summed E-state index contributed by atoms with van der Waals surface area (Å²) in [6.07, 6.45) is 3.33. The van der Waals surface area contributed by atoms with Crippen LogP contribution in [0.3, 0.4) is 0 Å². The van der Waals surface area contributed by atoms with E-state index in [1.807, 2.05) is 12.2 Å². The Balaban J connectivity index is 1.27. The van der Waals surface area contributed by atoms with Gasteiger partial charge in [-0.1, -0.05) is 12.2 Å². The van der Waals surface area contributed by atoms with Gasteiger partial charge in [-0.25, -0.2) is 4.39 Å². The maximum atomic E-state index is 13.5. The fourth-order valence-electron chi connectivity index (χ4n) is 5.40. The molecule has 0 radical (unpaired) electrons. The number of rotatable bonds is 5. The Morgan fingerprint density at radius 3 is 2.59 bits per heavy atom. The molecule has 5 rings (SSSR count). The molecule has 3 fully saturated rings. The van der Waals surface area contributed by atoms with Crippen LogP contribution in [-0.4, -0.2) is 85.2 Å². The minimum absolute atomic E-state index is 0.0867. The Labute approximate surface area is 185 Å². The number of anilines is 1. The third-order valence-corrected chi connectivity index (χ3v) is 6.87. The molecule has 4 aliphatic rings. The van der Waals surface area contributed by atoms with Gasteiger partial charge < -0.3 is 24.2 Å². The highest BCUT2D eigenvalue weighted by Crippen LogP contribution is 2.52. The first-order chi connectivity index (χ1) is 15.4.